The number of aliphatic hydroxyl groups is 9. The molecule has 9 N–H and O–H groups in total. The molecule has 1 saturated heterocycles. The lowest BCUT2D eigenvalue weighted by atomic mass is 9.89. The van der Waals surface area contributed by atoms with Crippen LogP contribution in [0.1, 0.15) is 0 Å². The van der Waals surface area contributed by atoms with Crippen molar-refractivity contribution in [3.63, 3.8) is 0 Å². The Bertz CT molecular complexity index is 389. The van der Waals surface area contributed by atoms with Crippen molar-refractivity contribution < 1.29 is 55.5 Å². The van der Waals surface area contributed by atoms with Crippen LogP contribution in [0.3, 0.4) is 0 Å². The van der Waals surface area contributed by atoms with E-state index in [1.165, 1.54) is 0 Å². The highest BCUT2D eigenvalue weighted by Crippen LogP contribution is 2.23. The van der Waals surface area contributed by atoms with Gasteiger partial charge in [-0.3, -0.25) is 4.79 Å². The number of hydrogen-bond donors (Lipinski definition) is 9. The number of aliphatic hydroxyl groups excluding tert-OH is 9. The maximum atomic E-state index is 12.1. The van der Waals surface area contributed by atoms with E-state index < -0.39 is 73.9 Å². The Morgan fingerprint density at radius 1 is 0.913 bits per heavy atom. The average molecular weight is 342 g/mol. The van der Waals surface area contributed by atoms with Crippen molar-refractivity contribution in [2.75, 3.05) is 13.2 Å². The third-order valence-electron chi connectivity index (χ3n) is 3.72. The third-order valence-corrected chi connectivity index (χ3v) is 3.72. The van der Waals surface area contributed by atoms with Gasteiger partial charge in [-0.2, -0.15) is 0 Å². The third kappa shape index (κ3) is 4.22. The highest BCUT2D eigenvalue weighted by Gasteiger charge is 2.49. The number of carbonyl (C=O) groups is 1. The lowest BCUT2D eigenvalue weighted by Gasteiger charge is -2.40. The van der Waals surface area contributed by atoms with Crippen molar-refractivity contribution in [2.45, 2.75) is 54.9 Å². The molecule has 0 aromatic rings. The van der Waals surface area contributed by atoms with E-state index in [0.717, 1.165) is 0 Å². The summed E-state index contributed by atoms with van der Waals surface area (Å²) in [4.78, 5) is 12.1. The van der Waals surface area contributed by atoms with Crippen molar-refractivity contribution in [3.8, 4) is 0 Å². The standard InChI is InChI=1S/C12H22O11/c13-1-3(15)5(16)7(18)9(20)11(22)12-10(21)8(19)6(17)4(2-14)23-12/h3-10,12-21H,1-2H2/t3-,4-,5-,6-,7+,8+,9?,10-,12?/m1/s1. The molecule has 0 bridgehead atoms. The van der Waals surface area contributed by atoms with Gasteiger partial charge >= 0.3 is 0 Å². The molecule has 23 heavy (non-hydrogen) atoms. The largest absolute Gasteiger partial charge is 0.394 e. The zero-order valence-electron chi connectivity index (χ0n) is 12.0. The Morgan fingerprint density at radius 3 is 1.96 bits per heavy atom. The Kier molecular flexibility index (Phi) is 7.41. The molecule has 0 aliphatic carbocycles. The summed E-state index contributed by atoms with van der Waals surface area (Å²) in [5.41, 5.74) is 0. The summed E-state index contributed by atoms with van der Waals surface area (Å²) in [7, 11) is 0. The van der Waals surface area contributed by atoms with Crippen molar-refractivity contribution in [3.05, 3.63) is 0 Å². The molecule has 1 heterocycles. The van der Waals surface area contributed by atoms with E-state index in [1.54, 1.807) is 0 Å². The molecule has 0 aromatic carbocycles. The van der Waals surface area contributed by atoms with Crippen molar-refractivity contribution in [1.82, 2.24) is 0 Å². The number of rotatable bonds is 7. The van der Waals surface area contributed by atoms with Gasteiger partial charge in [0.05, 0.1) is 13.2 Å². The first-order valence-electron chi connectivity index (χ1n) is 6.84. The number of ketones is 1. The highest BCUT2D eigenvalue weighted by molar-refractivity contribution is 5.88. The van der Waals surface area contributed by atoms with Gasteiger partial charge in [-0.25, -0.2) is 0 Å². The molecule has 1 fully saturated rings. The van der Waals surface area contributed by atoms with Crippen LogP contribution in [0.15, 0.2) is 0 Å². The van der Waals surface area contributed by atoms with Crippen LogP contribution >= 0.6 is 0 Å². The summed E-state index contributed by atoms with van der Waals surface area (Å²) < 4.78 is 4.91. The van der Waals surface area contributed by atoms with Gasteiger partial charge in [-0.05, 0) is 0 Å². The second kappa shape index (κ2) is 8.39. The number of Topliss-reactive ketones (excluding diaryl/α,β-unsaturated/α-hetero) is 1. The average Bonchev–Trinajstić information content (AvgIpc) is 2.56. The topological polar surface area (TPSA) is 208 Å². The molecule has 136 valence electrons. The van der Waals surface area contributed by atoms with Crippen molar-refractivity contribution in [1.29, 1.82) is 0 Å². The fraction of sp³-hybridized carbons (Fsp3) is 0.917. The summed E-state index contributed by atoms with van der Waals surface area (Å²) >= 11 is 0. The molecule has 11 nitrogen and oxygen atoms in total. The number of carbonyl (C=O) groups excluding carboxylic acids is 1. The molecule has 1 aliphatic heterocycles. The minimum absolute atomic E-state index is 0.792. The zero-order valence-corrected chi connectivity index (χ0v) is 12.0. The molecular formula is C12H22O11. The minimum Gasteiger partial charge on any atom is -0.394 e. The molecule has 2 unspecified atom stereocenters. The van der Waals surface area contributed by atoms with E-state index in [9.17, 15) is 40.5 Å². The fourth-order valence-corrected chi connectivity index (χ4v) is 2.20. The maximum Gasteiger partial charge on any atom is 0.195 e. The summed E-state index contributed by atoms with van der Waals surface area (Å²) in [6.45, 7) is -1.74. The monoisotopic (exact) mass is 342 g/mol. The Labute approximate surface area is 130 Å². The SMILES string of the molecule is O=C(C(O)[C@@H](O)[C@H](O)[C@H](O)CO)C1O[C@H](CO)[C@@H](O)[C@H](O)[C@H]1O. The van der Waals surface area contributed by atoms with E-state index in [-0.39, 0.29) is 0 Å². The minimum atomic E-state index is -2.33. The molecule has 0 aromatic heterocycles. The highest BCUT2D eigenvalue weighted by atomic mass is 16.5. The second-order valence-electron chi connectivity index (χ2n) is 5.33. The van der Waals surface area contributed by atoms with E-state index in [0.29, 0.717) is 0 Å². The lowest BCUT2D eigenvalue weighted by molar-refractivity contribution is -0.231. The fourth-order valence-electron chi connectivity index (χ4n) is 2.20. The summed E-state index contributed by atoms with van der Waals surface area (Å²) in [6, 6.07) is 0. The predicted molar refractivity (Wildman–Crippen MR) is 69.9 cm³/mol. The first-order chi connectivity index (χ1) is 10.7. The van der Waals surface area contributed by atoms with Gasteiger partial charge in [0.15, 0.2) is 5.78 Å². The summed E-state index contributed by atoms with van der Waals surface area (Å²) in [5, 5.41) is 84.5. The summed E-state index contributed by atoms with van der Waals surface area (Å²) in [5.74, 6) is -1.35. The van der Waals surface area contributed by atoms with E-state index in [2.05, 4.69) is 0 Å². The van der Waals surface area contributed by atoms with Crippen molar-refractivity contribution >= 4 is 5.78 Å². The quantitative estimate of drug-likeness (QED) is 0.212. The molecule has 9 atom stereocenters. The molecule has 1 aliphatic rings. The Morgan fingerprint density at radius 2 is 1.48 bits per heavy atom. The Balaban J connectivity index is 2.85. The van der Waals surface area contributed by atoms with E-state index in [1.807, 2.05) is 0 Å². The number of hydrogen-bond acceptors (Lipinski definition) is 11. The first kappa shape index (κ1) is 20.3. The van der Waals surface area contributed by atoms with E-state index >= 15 is 0 Å². The van der Waals surface area contributed by atoms with Crippen LogP contribution in [0.2, 0.25) is 0 Å². The lowest BCUT2D eigenvalue weighted by Crippen LogP contribution is -2.63. The van der Waals surface area contributed by atoms with Crippen LogP contribution in [-0.2, 0) is 9.53 Å². The predicted octanol–water partition coefficient (Wildman–Crippen LogP) is -6.17. The normalized spacial score (nSPS) is 37.0. The molecule has 11 heteroatoms. The maximum absolute atomic E-state index is 12.1. The number of ether oxygens (including phenoxy) is 1. The van der Waals surface area contributed by atoms with Gasteiger partial charge in [0, 0.05) is 0 Å². The second-order valence-corrected chi connectivity index (χ2v) is 5.33. The first-order valence-corrected chi connectivity index (χ1v) is 6.84. The van der Waals surface area contributed by atoms with E-state index in [4.69, 9.17) is 14.9 Å². The molecule has 0 spiro atoms. The van der Waals surface area contributed by atoms with Gasteiger partial charge in [-0.15, -0.1) is 0 Å². The van der Waals surface area contributed by atoms with Crippen LogP contribution < -0.4 is 0 Å². The van der Waals surface area contributed by atoms with Gasteiger partial charge < -0.3 is 50.7 Å². The summed E-state index contributed by atoms with van der Waals surface area (Å²) in [6.07, 6.45) is -17.2. The van der Waals surface area contributed by atoms with Crippen LogP contribution in [-0.4, -0.2) is 120 Å². The Hall–Kier alpha value is -0.730. The van der Waals surface area contributed by atoms with Gasteiger partial charge in [0.1, 0.15) is 54.9 Å². The van der Waals surface area contributed by atoms with Crippen LogP contribution in [0.25, 0.3) is 0 Å². The molecule has 0 saturated carbocycles. The van der Waals surface area contributed by atoms with Crippen LogP contribution in [0.5, 0.6) is 0 Å². The van der Waals surface area contributed by atoms with Crippen molar-refractivity contribution in [2.24, 2.45) is 0 Å². The smallest absolute Gasteiger partial charge is 0.195 e. The van der Waals surface area contributed by atoms with Gasteiger partial charge in [0.25, 0.3) is 0 Å². The molecule has 1 rings (SSSR count). The van der Waals surface area contributed by atoms with Gasteiger partial charge in [-0.1, -0.05) is 0 Å². The zero-order chi connectivity index (χ0) is 17.9. The molecule has 0 radical (unpaired) electrons. The molecule has 0 amide bonds. The molecular weight excluding hydrogens is 320 g/mol. The van der Waals surface area contributed by atoms with Crippen LogP contribution in [0, 0.1) is 0 Å². The van der Waals surface area contributed by atoms with Crippen LogP contribution in [0.4, 0.5) is 0 Å². The van der Waals surface area contributed by atoms with Gasteiger partial charge in [0.2, 0.25) is 0 Å².